The third-order valence-corrected chi connectivity index (χ3v) is 24.1. The summed E-state index contributed by atoms with van der Waals surface area (Å²) in [6.45, 7) is 18.4. The van der Waals surface area contributed by atoms with Crippen molar-refractivity contribution in [3.63, 3.8) is 0 Å². The third kappa shape index (κ3) is 10.2. The number of benzene rings is 1. The fourth-order valence-electron chi connectivity index (χ4n) is 7.55. The van der Waals surface area contributed by atoms with E-state index in [1.54, 1.807) is 44.2 Å². The summed E-state index contributed by atoms with van der Waals surface area (Å²) in [5, 5.41) is 2.01. The molecule has 1 saturated carbocycles. The highest BCUT2D eigenvalue weighted by atomic mass is 32.5. The number of nitrogens with two attached hydrogens (primary N) is 1. The van der Waals surface area contributed by atoms with Crippen molar-refractivity contribution in [2.45, 2.75) is 146 Å². The molecule has 5 N–H and O–H groups in total. The van der Waals surface area contributed by atoms with E-state index in [2.05, 4.69) is 25.3 Å². The Balaban J connectivity index is 1.24. The molecule has 1 aromatic carbocycles. The second-order valence-corrected chi connectivity index (χ2v) is 33.2. The van der Waals surface area contributed by atoms with Gasteiger partial charge in [-0.15, -0.1) is 0 Å². The molecule has 3 fully saturated rings. The molecule has 10 atom stereocenters. The Morgan fingerprint density at radius 1 is 0.985 bits per heavy atom. The maximum absolute atomic E-state index is 17.5. The van der Waals surface area contributed by atoms with Crippen LogP contribution in [0.3, 0.4) is 0 Å². The van der Waals surface area contributed by atoms with Crippen LogP contribution in [0.15, 0.2) is 58.5 Å². The summed E-state index contributed by atoms with van der Waals surface area (Å²) in [5.74, 6) is -1.76. The van der Waals surface area contributed by atoms with Gasteiger partial charge >= 0.3 is 18.4 Å². The normalized spacial score (nSPS) is 27.3. The number of anilines is 2. The SMILES string of the molecule is CC(C)C(=O)Nc1nc2c(ncn2[C@@H]2O[C@H](COP(O)(=S)OC3[C@@H](CO[Si](C)(C)C(C)(C)C)OC4[C@@H](n5ccc(N)nc5=O)C34F)C(OC(=O)c3ccccc3)C2O[Si](C)(C)C(C)(C)C)c(=O)[nH]1. The van der Waals surface area contributed by atoms with Crippen LogP contribution in [-0.2, 0) is 48.7 Å². The van der Waals surface area contributed by atoms with Crippen molar-refractivity contribution in [3.05, 3.63) is 75.3 Å². The van der Waals surface area contributed by atoms with Gasteiger partial charge in [-0.1, -0.05) is 73.6 Å². The first-order chi connectivity index (χ1) is 31.5. The van der Waals surface area contributed by atoms with Gasteiger partial charge < -0.3 is 38.2 Å². The maximum atomic E-state index is 17.5. The van der Waals surface area contributed by atoms with Gasteiger partial charge in [0.2, 0.25) is 11.9 Å². The molecule has 68 heavy (non-hydrogen) atoms. The first-order valence-corrected chi connectivity index (χ1v) is 30.7. The quantitative estimate of drug-likeness (QED) is 0.0593. The van der Waals surface area contributed by atoms with E-state index in [0.717, 1.165) is 4.57 Å². The number of hydrogen-bond acceptors (Lipinski definition) is 16. The number of fused-ring (bicyclic) bond motifs is 2. The molecule has 2 saturated heterocycles. The Hall–Kier alpha value is -4.08. The number of rotatable bonds is 16. The van der Waals surface area contributed by atoms with Crippen LogP contribution in [0.4, 0.5) is 16.2 Å². The highest BCUT2D eigenvalue weighted by Crippen LogP contribution is 2.65. The van der Waals surface area contributed by atoms with Crippen molar-refractivity contribution >= 4 is 70.0 Å². The smallest absolute Gasteiger partial charge is 0.349 e. The molecule has 20 nitrogen and oxygen atoms in total. The van der Waals surface area contributed by atoms with Gasteiger partial charge in [-0.25, -0.2) is 19.0 Å². The second kappa shape index (κ2) is 18.6. The molecule has 0 bridgehead atoms. The number of hydrogen-bond donors (Lipinski definition) is 4. The summed E-state index contributed by atoms with van der Waals surface area (Å²) < 4.78 is 64.7. The van der Waals surface area contributed by atoms with Gasteiger partial charge in [0.05, 0.1) is 25.1 Å². The number of esters is 1. The Morgan fingerprint density at radius 2 is 1.65 bits per heavy atom. The van der Waals surface area contributed by atoms with Crippen molar-refractivity contribution in [1.82, 2.24) is 29.1 Å². The highest BCUT2D eigenvalue weighted by Gasteiger charge is 2.81. The number of amides is 1. The van der Waals surface area contributed by atoms with Gasteiger partial charge in [0.15, 0.2) is 45.8 Å². The van der Waals surface area contributed by atoms with Crippen molar-refractivity contribution in [1.29, 1.82) is 0 Å². The minimum Gasteiger partial charge on any atom is -0.453 e. The lowest BCUT2D eigenvalue weighted by atomic mass is 10.1. The lowest BCUT2D eigenvalue weighted by Crippen LogP contribution is -2.50. The van der Waals surface area contributed by atoms with E-state index in [4.69, 9.17) is 49.7 Å². The van der Waals surface area contributed by atoms with Crippen LogP contribution in [0.2, 0.25) is 36.3 Å². The minimum absolute atomic E-state index is 0.0105. The molecule has 1 aliphatic carbocycles. The van der Waals surface area contributed by atoms with E-state index in [1.807, 2.05) is 67.7 Å². The Labute approximate surface area is 400 Å². The van der Waals surface area contributed by atoms with Crippen LogP contribution in [0.25, 0.3) is 11.2 Å². The van der Waals surface area contributed by atoms with E-state index in [9.17, 15) is 24.1 Å². The predicted octanol–water partition coefficient (Wildman–Crippen LogP) is 5.74. The predicted molar refractivity (Wildman–Crippen MR) is 258 cm³/mol. The van der Waals surface area contributed by atoms with Crippen molar-refractivity contribution in [3.8, 4) is 0 Å². The first kappa shape index (κ1) is 51.8. The van der Waals surface area contributed by atoms with Gasteiger partial charge in [-0.2, -0.15) is 9.97 Å². The van der Waals surface area contributed by atoms with E-state index in [-0.39, 0.29) is 45.2 Å². The number of alkyl halides is 1. The van der Waals surface area contributed by atoms with Crippen LogP contribution in [0, 0.1) is 5.92 Å². The average molecular weight is 1020 g/mol. The molecule has 0 spiro atoms. The van der Waals surface area contributed by atoms with Crippen LogP contribution in [0.5, 0.6) is 0 Å². The zero-order valence-corrected chi connectivity index (χ0v) is 43.9. The number of nitrogen functional groups attached to an aromatic ring is 1. The highest BCUT2D eigenvalue weighted by molar-refractivity contribution is 8.07. The molecule has 4 aromatic rings. The number of imidazole rings is 1. The van der Waals surface area contributed by atoms with E-state index < -0.39 is 114 Å². The fourth-order valence-corrected chi connectivity index (χ4v) is 11.3. The van der Waals surface area contributed by atoms with Crippen molar-refractivity contribution in [2.75, 3.05) is 24.3 Å². The third-order valence-electron chi connectivity index (χ3n) is 13.6. The fraction of sp³-hybridized carbons (Fsp3) is 0.605. The van der Waals surface area contributed by atoms with Gasteiger partial charge in [-0.3, -0.25) is 33.5 Å². The number of halogens is 1. The van der Waals surface area contributed by atoms with Gasteiger partial charge in [0.25, 0.3) is 5.56 Å². The zero-order chi connectivity index (χ0) is 50.1. The van der Waals surface area contributed by atoms with Crippen LogP contribution >= 0.6 is 6.72 Å². The number of aromatic amines is 1. The summed E-state index contributed by atoms with van der Waals surface area (Å²) in [6.07, 6.45) is -6.13. The van der Waals surface area contributed by atoms with E-state index in [0.29, 0.717) is 0 Å². The van der Waals surface area contributed by atoms with Gasteiger partial charge in [0, 0.05) is 12.1 Å². The molecule has 3 aromatic heterocycles. The standard InChI is InChI=1S/C43H62FN8O12PSSi2/c1-23(2)35(53)49-39-48-34-28(36(54)50-39)46-22-52(34)37-30(64-68(11,12)42(6,7)8)29(62-38(55)24-16-14-13-15-17-24)25(61-37)20-58-65(57,66)63-32-26(21-59-67(9,10)41(3,4)5)60-33-31(43(32,33)44)51-19-18-27(45)47-40(51)56/h13-19,22-23,25-26,29-33,37H,20-21H2,1-12H3,(H,57,66)(H2,45,47,56)(H2,48,49,50,53,54)/t25-,26-,29?,30?,31-,32?,33?,37-,43?,65?/m1/s1. The first-order valence-electron chi connectivity index (χ1n) is 22.3. The Bertz CT molecular complexity index is 2710. The molecular formula is C43H62FN8O12PSSi2. The number of aromatic nitrogens is 6. The number of nitrogens with zero attached hydrogens (tertiary/aromatic N) is 5. The number of carbonyl (C=O) groups is 2. The van der Waals surface area contributed by atoms with Crippen molar-refractivity contribution < 1.29 is 51.0 Å². The molecule has 0 radical (unpaired) electrons. The van der Waals surface area contributed by atoms with Gasteiger partial charge in [0.1, 0.15) is 42.4 Å². The Kier molecular flexibility index (Phi) is 14.2. The monoisotopic (exact) mass is 1020 g/mol. The van der Waals surface area contributed by atoms with Crippen LogP contribution in [-0.4, -0.2) is 118 Å². The zero-order valence-electron chi connectivity index (χ0n) is 40.2. The number of ether oxygens (including phenoxy) is 3. The molecule has 372 valence electrons. The summed E-state index contributed by atoms with van der Waals surface area (Å²) in [7, 11) is -5.24. The van der Waals surface area contributed by atoms with Crippen LogP contribution in [0.1, 0.15) is 78.0 Å². The molecule has 6 unspecified atom stereocenters. The van der Waals surface area contributed by atoms with Crippen molar-refractivity contribution in [2.24, 2.45) is 5.92 Å². The average Bonchev–Trinajstić information content (AvgIpc) is 3.50. The number of nitrogens with one attached hydrogen (secondary N) is 2. The Morgan fingerprint density at radius 3 is 2.26 bits per heavy atom. The largest absolute Gasteiger partial charge is 0.453 e. The molecule has 1 amide bonds. The van der Waals surface area contributed by atoms with Crippen LogP contribution < -0.4 is 22.3 Å². The topological polar surface area (TPSA) is 255 Å². The van der Waals surface area contributed by atoms with E-state index in [1.165, 1.54) is 23.2 Å². The van der Waals surface area contributed by atoms with E-state index >= 15 is 4.39 Å². The molecule has 2 aliphatic heterocycles. The van der Waals surface area contributed by atoms with Gasteiger partial charge in [-0.05, 0) is 66.3 Å². The maximum Gasteiger partial charge on any atom is 0.349 e. The number of carbonyl (C=O) groups excluding carboxylic acids is 2. The summed E-state index contributed by atoms with van der Waals surface area (Å²) in [6, 6.07) is 8.40. The molecule has 3 aliphatic rings. The molecular weight excluding hydrogens is 959 g/mol. The minimum atomic E-state index is -4.50. The molecule has 7 rings (SSSR count). The molecule has 25 heteroatoms. The summed E-state index contributed by atoms with van der Waals surface area (Å²) in [5.41, 5.74) is 2.03. The second-order valence-electron chi connectivity index (χ2n) is 20.8. The summed E-state index contributed by atoms with van der Waals surface area (Å²) >= 11 is 5.61. The summed E-state index contributed by atoms with van der Waals surface area (Å²) in [4.78, 5) is 80.0. The number of H-pyrrole nitrogens is 1. The lowest BCUT2D eigenvalue weighted by Gasteiger charge is -2.40. The lowest BCUT2D eigenvalue weighted by molar-refractivity contribution is -0.118. The molecule has 5 heterocycles.